The van der Waals surface area contributed by atoms with Crippen LogP contribution < -0.4 is 5.32 Å². The number of hydrogen-bond acceptors (Lipinski definition) is 3. The largest absolute Gasteiger partial charge is 0.481 e. The number of carboxylic acids is 1. The van der Waals surface area contributed by atoms with Gasteiger partial charge in [0, 0.05) is 17.5 Å². The summed E-state index contributed by atoms with van der Waals surface area (Å²) in [5, 5.41) is 12.5. The number of carbonyl (C=O) groups is 2. The molecule has 0 saturated heterocycles. The van der Waals surface area contributed by atoms with Crippen LogP contribution >= 0.6 is 0 Å². The molecule has 5 heteroatoms. The van der Waals surface area contributed by atoms with E-state index in [0.29, 0.717) is 6.42 Å². The Morgan fingerprint density at radius 3 is 2.81 bits per heavy atom. The lowest BCUT2D eigenvalue weighted by molar-refractivity contribution is -0.141. The van der Waals surface area contributed by atoms with E-state index in [4.69, 9.17) is 9.52 Å². The molecule has 2 rings (SSSR count). The summed E-state index contributed by atoms with van der Waals surface area (Å²) in [6.45, 7) is 3.92. The third kappa shape index (κ3) is 3.62. The number of rotatable bonds is 6. The first kappa shape index (κ1) is 15.1. The van der Waals surface area contributed by atoms with Crippen LogP contribution in [0.5, 0.6) is 0 Å². The Balaban J connectivity index is 2.00. The van der Waals surface area contributed by atoms with Crippen LogP contribution in [0.15, 0.2) is 28.9 Å². The zero-order chi connectivity index (χ0) is 15.4. The summed E-state index contributed by atoms with van der Waals surface area (Å²) in [4.78, 5) is 22.8. The molecule has 5 nitrogen and oxygen atoms in total. The third-order valence-corrected chi connectivity index (χ3v) is 3.55. The zero-order valence-electron chi connectivity index (χ0n) is 12.2. The van der Waals surface area contributed by atoms with Crippen molar-refractivity contribution in [1.82, 2.24) is 5.32 Å². The molecular weight excluding hydrogens is 270 g/mol. The minimum Gasteiger partial charge on any atom is -0.481 e. The first-order valence-electron chi connectivity index (χ1n) is 6.97. The number of aryl methyl sites for hydroxylation is 1. The number of nitrogens with one attached hydrogen (secondary N) is 1. The summed E-state index contributed by atoms with van der Waals surface area (Å²) in [5.74, 6) is -1.63. The van der Waals surface area contributed by atoms with Crippen LogP contribution in [-0.4, -0.2) is 23.5 Å². The van der Waals surface area contributed by atoms with E-state index < -0.39 is 11.9 Å². The smallest absolute Gasteiger partial charge is 0.308 e. The van der Waals surface area contributed by atoms with Crippen molar-refractivity contribution in [2.24, 2.45) is 5.92 Å². The third-order valence-electron chi connectivity index (χ3n) is 3.55. The normalized spacial score (nSPS) is 12.3. The van der Waals surface area contributed by atoms with Crippen molar-refractivity contribution in [1.29, 1.82) is 0 Å². The second-order valence-corrected chi connectivity index (χ2v) is 5.18. The second kappa shape index (κ2) is 6.43. The number of hydrogen-bond donors (Lipinski definition) is 2. The maximum atomic E-state index is 11.9. The number of carbonyl (C=O) groups excluding carboxylic acids is 1. The van der Waals surface area contributed by atoms with Crippen molar-refractivity contribution in [3.63, 3.8) is 0 Å². The average molecular weight is 289 g/mol. The van der Waals surface area contributed by atoms with E-state index in [1.54, 1.807) is 13.2 Å². The molecule has 0 fully saturated rings. The summed E-state index contributed by atoms with van der Waals surface area (Å²) in [6, 6.07) is 5.83. The molecule has 1 aromatic heterocycles. The lowest BCUT2D eigenvalue weighted by Crippen LogP contribution is -2.33. The van der Waals surface area contributed by atoms with Crippen molar-refractivity contribution in [3.8, 4) is 0 Å². The summed E-state index contributed by atoms with van der Waals surface area (Å²) in [5.41, 5.74) is 2.67. The minimum absolute atomic E-state index is 0.152. The molecule has 1 heterocycles. The van der Waals surface area contributed by atoms with E-state index in [1.807, 2.05) is 25.1 Å². The van der Waals surface area contributed by atoms with Crippen LogP contribution in [-0.2, 0) is 16.0 Å². The molecule has 0 radical (unpaired) electrons. The van der Waals surface area contributed by atoms with Gasteiger partial charge in [0.05, 0.1) is 18.6 Å². The standard InChI is InChI=1S/C16H19NO4/c1-3-11(16(19)20)8-17-15(18)7-12-9-21-14-6-10(2)4-5-13(12)14/h4-6,9,11H,3,7-8H2,1-2H3,(H,17,18)(H,19,20). The monoisotopic (exact) mass is 289 g/mol. The number of amides is 1. The van der Waals surface area contributed by atoms with Gasteiger partial charge in [-0.15, -0.1) is 0 Å². The summed E-state index contributed by atoms with van der Waals surface area (Å²) < 4.78 is 5.44. The highest BCUT2D eigenvalue weighted by molar-refractivity contribution is 5.88. The van der Waals surface area contributed by atoms with Gasteiger partial charge in [0.2, 0.25) is 5.91 Å². The van der Waals surface area contributed by atoms with Gasteiger partial charge in [0.15, 0.2) is 0 Å². The molecular formula is C16H19NO4. The number of fused-ring (bicyclic) bond motifs is 1. The lowest BCUT2D eigenvalue weighted by Gasteiger charge is -2.10. The molecule has 0 saturated carbocycles. The van der Waals surface area contributed by atoms with Gasteiger partial charge in [0.1, 0.15) is 5.58 Å². The molecule has 1 atom stereocenters. The minimum atomic E-state index is -0.887. The molecule has 2 N–H and O–H groups in total. The van der Waals surface area contributed by atoms with Gasteiger partial charge in [-0.3, -0.25) is 9.59 Å². The van der Waals surface area contributed by atoms with Gasteiger partial charge in [0.25, 0.3) is 0 Å². The van der Waals surface area contributed by atoms with E-state index in [0.717, 1.165) is 22.1 Å². The van der Waals surface area contributed by atoms with Gasteiger partial charge >= 0.3 is 5.97 Å². The van der Waals surface area contributed by atoms with Crippen molar-refractivity contribution in [3.05, 3.63) is 35.6 Å². The maximum Gasteiger partial charge on any atom is 0.308 e. The number of furan rings is 1. The second-order valence-electron chi connectivity index (χ2n) is 5.18. The Bertz CT molecular complexity index is 659. The molecule has 0 bridgehead atoms. The van der Waals surface area contributed by atoms with Gasteiger partial charge in [-0.1, -0.05) is 19.1 Å². The van der Waals surface area contributed by atoms with Gasteiger partial charge in [-0.2, -0.15) is 0 Å². The lowest BCUT2D eigenvalue weighted by atomic mass is 10.1. The fraction of sp³-hybridized carbons (Fsp3) is 0.375. The Morgan fingerprint density at radius 1 is 1.38 bits per heavy atom. The average Bonchev–Trinajstić information content (AvgIpc) is 2.81. The Hall–Kier alpha value is -2.30. The van der Waals surface area contributed by atoms with Crippen LogP contribution in [0.4, 0.5) is 0 Å². The molecule has 0 aliphatic carbocycles. The molecule has 112 valence electrons. The van der Waals surface area contributed by atoms with Crippen LogP contribution in [0.1, 0.15) is 24.5 Å². The first-order valence-corrected chi connectivity index (χ1v) is 6.97. The molecule has 1 aromatic carbocycles. The molecule has 0 aliphatic heterocycles. The Kier molecular flexibility index (Phi) is 4.62. The van der Waals surface area contributed by atoms with E-state index in [1.165, 1.54) is 0 Å². The van der Waals surface area contributed by atoms with Crippen molar-refractivity contribution in [2.45, 2.75) is 26.7 Å². The number of carboxylic acid groups (broad SMARTS) is 1. The van der Waals surface area contributed by atoms with E-state index in [-0.39, 0.29) is 18.9 Å². The van der Waals surface area contributed by atoms with Crippen molar-refractivity contribution >= 4 is 22.8 Å². The number of benzene rings is 1. The van der Waals surface area contributed by atoms with Crippen LogP contribution in [0.2, 0.25) is 0 Å². The van der Waals surface area contributed by atoms with Crippen LogP contribution in [0.3, 0.4) is 0 Å². The zero-order valence-corrected chi connectivity index (χ0v) is 12.2. The fourth-order valence-corrected chi connectivity index (χ4v) is 2.21. The highest BCUT2D eigenvalue weighted by Gasteiger charge is 2.17. The van der Waals surface area contributed by atoms with Gasteiger partial charge < -0.3 is 14.8 Å². The highest BCUT2D eigenvalue weighted by atomic mass is 16.4. The maximum absolute atomic E-state index is 11.9. The number of aliphatic carboxylic acids is 1. The summed E-state index contributed by atoms with van der Waals surface area (Å²) in [6.07, 6.45) is 2.26. The quantitative estimate of drug-likeness (QED) is 0.856. The van der Waals surface area contributed by atoms with Gasteiger partial charge in [-0.25, -0.2) is 0 Å². The fourth-order valence-electron chi connectivity index (χ4n) is 2.21. The molecule has 1 amide bonds. The topological polar surface area (TPSA) is 79.5 Å². The molecule has 2 aromatic rings. The molecule has 1 unspecified atom stereocenters. The highest BCUT2D eigenvalue weighted by Crippen LogP contribution is 2.22. The summed E-state index contributed by atoms with van der Waals surface area (Å²) >= 11 is 0. The van der Waals surface area contributed by atoms with E-state index >= 15 is 0 Å². The summed E-state index contributed by atoms with van der Waals surface area (Å²) in [7, 11) is 0. The SMILES string of the molecule is CCC(CNC(=O)Cc1coc2cc(C)ccc12)C(=O)O. The van der Waals surface area contributed by atoms with Crippen molar-refractivity contribution in [2.75, 3.05) is 6.54 Å². The van der Waals surface area contributed by atoms with Crippen LogP contribution in [0.25, 0.3) is 11.0 Å². The van der Waals surface area contributed by atoms with Crippen LogP contribution in [0, 0.1) is 12.8 Å². The molecule has 0 aliphatic rings. The first-order chi connectivity index (χ1) is 10.0. The van der Waals surface area contributed by atoms with E-state index in [9.17, 15) is 9.59 Å². The Labute approximate surface area is 122 Å². The van der Waals surface area contributed by atoms with Crippen molar-refractivity contribution < 1.29 is 19.1 Å². The Morgan fingerprint density at radius 2 is 2.14 bits per heavy atom. The predicted octanol–water partition coefficient (Wildman–Crippen LogP) is 2.51. The molecule has 0 spiro atoms. The van der Waals surface area contributed by atoms with E-state index in [2.05, 4.69) is 5.32 Å². The molecule has 21 heavy (non-hydrogen) atoms. The van der Waals surface area contributed by atoms with Gasteiger partial charge in [-0.05, 0) is 25.0 Å². The predicted molar refractivity (Wildman–Crippen MR) is 79.1 cm³/mol.